The Kier molecular flexibility index (Phi) is 10.3. The van der Waals surface area contributed by atoms with Crippen LogP contribution in [0.15, 0.2) is 12.1 Å². The van der Waals surface area contributed by atoms with Crippen LogP contribution in [-0.4, -0.2) is 56.6 Å². The zero-order valence-electron chi connectivity index (χ0n) is 18.1. The molecule has 1 aromatic carbocycles. The molecule has 2 amide bonds. The van der Waals surface area contributed by atoms with Crippen molar-refractivity contribution in [2.24, 2.45) is 5.92 Å². The Balaban J connectivity index is 3.06. The number of anilines is 1. The number of nitrogens with zero attached hydrogens (tertiary/aromatic N) is 3. The predicted molar refractivity (Wildman–Crippen MR) is 110 cm³/mol. The summed E-state index contributed by atoms with van der Waals surface area (Å²) in [6.45, 7) is 3.07. The van der Waals surface area contributed by atoms with Crippen LogP contribution in [0.25, 0.3) is 0 Å². The number of nitriles is 2. The average Bonchev–Trinajstić information content (AvgIpc) is 2.76. The number of carbonyl (C=O) groups excluding carboxylic acids is 3. The van der Waals surface area contributed by atoms with Crippen molar-refractivity contribution in [1.82, 2.24) is 4.90 Å². The standard InChI is InChI=1S/C21H26N4O6/c1-14(2)20(27)24-16-12-18(30-4)17(29-3)11-15(16)21(28)31-13-19(26)25(9-5-7-22)10-6-8-23/h11-12,14H,5-6,9-10,13H2,1-4H3,(H,24,27). The minimum Gasteiger partial charge on any atom is -0.493 e. The molecule has 31 heavy (non-hydrogen) atoms. The number of hydrogen-bond acceptors (Lipinski definition) is 8. The summed E-state index contributed by atoms with van der Waals surface area (Å²) in [7, 11) is 2.81. The smallest absolute Gasteiger partial charge is 0.340 e. The van der Waals surface area contributed by atoms with Gasteiger partial charge in [0.25, 0.3) is 5.91 Å². The molecule has 1 rings (SSSR count). The molecule has 1 N–H and O–H groups in total. The van der Waals surface area contributed by atoms with E-state index >= 15 is 0 Å². The van der Waals surface area contributed by atoms with Crippen molar-refractivity contribution in [1.29, 1.82) is 10.5 Å². The van der Waals surface area contributed by atoms with E-state index in [0.717, 1.165) is 0 Å². The van der Waals surface area contributed by atoms with Gasteiger partial charge in [-0.2, -0.15) is 10.5 Å². The fourth-order valence-corrected chi connectivity index (χ4v) is 2.46. The molecule has 10 heteroatoms. The quantitative estimate of drug-likeness (QED) is 0.526. The number of ether oxygens (including phenoxy) is 3. The van der Waals surface area contributed by atoms with Crippen molar-refractivity contribution in [2.75, 3.05) is 39.2 Å². The zero-order valence-corrected chi connectivity index (χ0v) is 18.1. The highest BCUT2D eigenvalue weighted by molar-refractivity contribution is 6.03. The lowest BCUT2D eigenvalue weighted by atomic mass is 10.1. The maximum atomic E-state index is 12.7. The summed E-state index contributed by atoms with van der Waals surface area (Å²) in [5, 5.41) is 20.1. The van der Waals surface area contributed by atoms with Crippen molar-refractivity contribution in [3.05, 3.63) is 17.7 Å². The van der Waals surface area contributed by atoms with E-state index in [2.05, 4.69) is 5.32 Å². The maximum Gasteiger partial charge on any atom is 0.340 e. The summed E-state index contributed by atoms with van der Waals surface area (Å²) in [6.07, 6.45) is 0.179. The second kappa shape index (κ2) is 12.7. The Morgan fingerprint density at radius 3 is 2.06 bits per heavy atom. The molecule has 0 fully saturated rings. The van der Waals surface area contributed by atoms with Gasteiger partial charge in [-0.25, -0.2) is 4.79 Å². The SMILES string of the molecule is COc1cc(NC(=O)C(C)C)c(C(=O)OCC(=O)N(CCC#N)CCC#N)cc1OC. The zero-order chi connectivity index (χ0) is 23.4. The highest BCUT2D eigenvalue weighted by Gasteiger charge is 2.22. The minimum absolute atomic E-state index is 0.0138. The van der Waals surface area contributed by atoms with Gasteiger partial charge < -0.3 is 24.4 Å². The molecule has 0 aromatic heterocycles. The molecule has 1 aromatic rings. The predicted octanol–water partition coefficient (Wildman–Crippen LogP) is 2.11. The summed E-state index contributed by atoms with van der Waals surface area (Å²) in [4.78, 5) is 38.5. The average molecular weight is 430 g/mol. The van der Waals surface area contributed by atoms with E-state index in [0.29, 0.717) is 5.75 Å². The van der Waals surface area contributed by atoms with E-state index in [4.69, 9.17) is 24.7 Å². The third-order valence-corrected chi connectivity index (χ3v) is 4.19. The van der Waals surface area contributed by atoms with Crippen LogP contribution in [0.5, 0.6) is 11.5 Å². The number of carbonyl (C=O) groups is 3. The first kappa shape index (κ1) is 25.2. The fraction of sp³-hybridized carbons (Fsp3) is 0.476. The van der Waals surface area contributed by atoms with Gasteiger partial charge in [-0.15, -0.1) is 0 Å². The molecule has 0 saturated heterocycles. The summed E-state index contributed by atoms with van der Waals surface area (Å²) < 4.78 is 15.6. The van der Waals surface area contributed by atoms with E-state index in [9.17, 15) is 14.4 Å². The Morgan fingerprint density at radius 1 is 1.03 bits per heavy atom. The second-order valence-corrected chi connectivity index (χ2v) is 6.67. The summed E-state index contributed by atoms with van der Waals surface area (Å²) >= 11 is 0. The number of nitrogens with one attached hydrogen (secondary N) is 1. The lowest BCUT2D eigenvalue weighted by molar-refractivity contribution is -0.134. The van der Waals surface area contributed by atoms with Crippen LogP contribution >= 0.6 is 0 Å². The lowest BCUT2D eigenvalue weighted by Crippen LogP contribution is -2.36. The van der Waals surface area contributed by atoms with Gasteiger partial charge in [0, 0.05) is 31.1 Å². The number of methoxy groups -OCH3 is 2. The summed E-state index contributed by atoms with van der Waals surface area (Å²) in [5.74, 6) is -1.51. The van der Waals surface area contributed by atoms with Crippen LogP contribution in [-0.2, 0) is 14.3 Å². The first-order chi connectivity index (χ1) is 14.8. The van der Waals surface area contributed by atoms with Crippen LogP contribution in [0.3, 0.4) is 0 Å². The van der Waals surface area contributed by atoms with Crippen molar-refractivity contribution in [2.45, 2.75) is 26.7 Å². The second-order valence-electron chi connectivity index (χ2n) is 6.67. The van der Waals surface area contributed by atoms with E-state index in [-0.39, 0.29) is 54.8 Å². The lowest BCUT2D eigenvalue weighted by Gasteiger charge is -2.20. The molecule has 0 saturated carbocycles. The number of esters is 1. The van der Waals surface area contributed by atoms with Crippen molar-refractivity contribution >= 4 is 23.5 Å². The minimum atomic E-state index is -0.853. The van der Waals surface area contributed by atoms with Gasteiger partial charge >= 0.3 is 5.97 Å². The number of rotatable bonds is 11. The Labute approximate surface area is 181 Å². The molecule has 166 valence electrons. The molecule has 10 nitrogen and oxygen atoms in total. The fourth-order valence-electron chi connectivity index (χ4n) is 2.46. The molecule has 0 bridgehead atoms. The summed E-state index contributed by atoms with van der Waals surface area (Å²) in [5.41, 5.74) is 0.139. The first-order valence-corrected chi connectivity index (χ1v) is 9.54. The van der Waals surface area contributed by atoms with Crippen LogP contribution in [0.2, 0.25) is 0 Å². The molecular weight excluding hydrogens is 404 g/mol. The van der Waals surface area contributed by atoms with Crippen LogP contribution in [0, 0.1) is 28.6 Å². The highest BCUT2D eigenvalue weighted by Crippen LogP contribution is 2.34. The molecule has 0 radical (unpaired) electrons. The van der Waals surface area contributed by atoms with Gasteiger partial charge in [-0.1, -0.05) is 13.8 Å². The monoisotopic (exact) mass is 430 g/mol. The third-order valence-electron chi connectivity index (χ3n) is 4.19. The van der Waals surface area contributed by atoms with Gasteiger partial charge in [0.05, 0.1) is 50.5 Å². The Hall–Kier alpha value is -3.79. The molecule has 0 aliphatic rings. The largest absolute Gasteiger partial charge is 0.493 e. The van der Waals surface area contributed by atoms with Crippen molar-refractivity contribution in [3.63, 3.8) is 0 Å². The molecule has 0 aliphatic heterocycles. The van der Waals surface area contributed by atoms with E-state index in [1.807, 2.05) is 12.1 Å². The molecule has 0 aliphatic carbocycles. The third kappa shape index (κ3) is 7.52. The first-order valence-electron chi connectivity index (χ1n) is 9.54. The maximum absolute atomic E-state index is 12.7. The van der Waals surface area contributed by atoms with E-state index < -0.39 is 18.5 Å². The van der Waals surface area contributed by atoms with Crippen LogP contribution < -0.4 is 14.8 Å². The van der Waals surface area contributed by atoms with Crippen LogP contribution in [0.4, 0.5) is 5.69 Å². The number of benzene rings is 1. The van der Waals surface area contributed by atoms with Crippen molar-refractivity contribution < 1.29 is 28.6 Å². The topological polar surface area (TPSA) is 142 Å². The van der Waals surface area contributed by atoms with Gasteiger partial charge in [-0.3, -0.25) is 9.59 Å². The highest BCUT2D eigenvalue weighted by atomic mass is 16.5. The van der Waals surface area contributed by atoms with Crippen LogP contribution in [0.1, 0.15) is 37.0 Å². The van der Waals surface area contributed by atoms with Crippen molar-refractivity contribution in [3.8, 4) is 23.6 Å². The summed E-state index contributed by atoms with van der Waals surface area (Å²) in [6, 6.07) is 6.64. The molecule has 0 spiro atoms. The van der Waals surface area contributed by atoms with Gasteiger partial charge in [-0.05, 0) is 0 Å². The van der Waals surface area contributed by atoms with Gasteiger partial charge in [0.2, 0.25) is 5.91 Å². The van der Waals surface area contributed by atoms with Gasteiger partial charge in [0.15, 0.2) is 18.1 Å². The molecule has 0 unspecified atom stereocenters. The molecular formula is C21H26N4O6. The van der Waals surface area contributed by atoms with E-state index in [1.165, 1.54) is 31.3 Å². The Morgan fingerprint density at radius 2 is 1.58 bits per heavy atom. The molecule has 0 atom stereocenters. The number of amides is 2. The van der Waals surface area contributed by atoms with E-state index in [1.54, 1.807) is 13.8 Å². The normalized spacial score (nSPS) is 9.90. The van der Waals surface area contributed by atoms with Gasteiger partial charge in [0.1, 0.15) is 0 Å². The molecule has 0 heterocycles. The number of hydrogen-bond donors (Lipinski definition) is 1. The Bertz CT molecular complexity index is 867.